The number of rotatable bonds is 8. The van der Waals surface area contributed by atoms with Gasteiger partial charge in [-0.25, -0.2) is 4.98 Å². The summed E-state index contributed by atoms with van der Waals surface area (Å²) < 4.78 is 14.1. The number of carbonyl (C=O) groups excluding carboxylic acids is 2. The summed E-state index contributed by atoms with van der Waals surface area (Å²) in [5, 5.41) is 2.85. The molecule has 1 N–H and O–H groups in total. The van der Waals surface area contributed by atoms with E-state index < -0.39 is 12.0 Å². The average molecular weight is 489 g/mol. The fourth-order valence-electron chi connectivity index (χ4n) is 5.12. The van der Waals surface area contributed by atoms with Crippen molar-refractivity contribution >= 4 is 23.2 Å². The van der Waals surface area contributed by atoms with E-state index in [1.165, 1.54) is 23.6 Å². The first-order valence-corrected chi connectivity index (χ1v) is 12.5. The summed E-state index contributed by atoms with van der Waals surface area (Å²) in [5.74, 6) is -1.16. The highest BCUT2D eigenvalue weighted by molar-refractivity contribution is 6.07. The van der Waals surface area contributed by atoms with Crippen LogP contribution in [0.15, 0.2) is 78.7 Å². The highest BCUT2D eigenvalue weighted by atomic mass is 19.1. The van der Waals surface area contributed by atoms with Crippen molar-refractivity contribution in [2.24, 2.45) is 0 Å². The molecule has 2 heterocycles. The third-order valence-electron chi connectivity index (χ3n) is 6.63. The molecule has 36 heavy (non-hydrogen) atoms. The Morgan fingerprint density at radius 1 is 1.22 bits per heavy atom. The van der Waals surface area contributed by atoms with Crippen LogP contribution in [0.4, 0.5) is 15.8 Å². The number of amides is 2. The van der Waals surface area contributed by atoms with Crippen LogP contribution in [-0.4, -0.2) is 34.3 Å². The molecule has 0 spiro atoms. The first-order valence-electron chi connectivity index (χ1n) is 12.5. The minimum atomic E-state index is -0.821. The molecule has 188 valence electrons. The molecule has 1 unspecified atom stereocenters. The van der Waals surface area contributed by atoms with Crippen LogP contribution in [0, 0.1) is 5.95 Å². The van der Waals surface area contributed by atoms with Crippen LogP contribution in [0.1, 0.15) is 57.6 Å². The maximum Gasteiger partial charge on any atom is 0.255 e. The molecule has 1 fully saturated rings. The number of allylic oxidation sites excluding steroid dienone is 4. The van der Waals surface area contributed by atoms with E-state index in [-0.39, 0.29) is 30.1 Å². The van der Waals surface area contributed by atoms with E-state index in [9.17, 15) is 14.0 Å². The number of aromatic nitrogens is 1. The molecule has 0 saturated heterocycles. The van der Waals surface area contributed by atoms with Gasteiger partial charge in [-0.3, -0.25) is 14.5 Å². The number of carbonyl (C=O) groups is 2. The second kappa shape index (κ2) is 11.3. The molecule has 2 amide bonds. The van der Waals surface area contributed by atoms with E-state index in [1.54, 1.807) is 18.2 Å². The molecule has 1 aromatic carbocycles. The van der Waals surface area contributed by atoms with Crippen molar-refractivity contribution in [3.8, 4) is 0 Å². The molecule has 1 aliphatic carbocycles. The van der Waals surface area contributed by atoms with Crippen LogP contribution in [0.2, 0.25) is 0 Å². The Morgan fingerprint density at radius 3 is 2.67 bits per heavy atom. The van der Waals surface area contributed by atoms with E-state index in [0.717, 1.165) is 42.5 Å². The molecule has 4 rings (SSSR count). The molecule has 0 radical (unpaired) electrons. The second-order valence-corrected chi connectivity index (χ2v) is 9.34. The fourth-order valence-corrected chi connectivity index (χ4v) is 5.12. The summed E-state index contributed by atoms with van der Waals surface area (Å²) >= 11 is 0. The number of anilines is 2. The highest BCUT2D eigenvalue weighted by Gasteiger charge is 2.45. The number of hydrogen-bond donors (Lipinski definition) is 1. The number of halogens is 1. The van der Waals surface area contributed by atoms with Crippen LogP contribution < -0.4 is 10.2 Å². The largest absolute Gasteiger partial charge is 0.372 e. The van der Waals surface area contributed by atoms with Gasteiger partial charge < -0.3 is 10.2 Å². The van der Waals surface area contributed by atoms with Crippen molar-refractivity contribution in [2.75, 3.05) is 16.8 Å². The highest BCUT2D eigenvalue weighted by Crippen LogP contribution is 2.44. The Labute approximate surface area is 212 Å². The van der Waals surface area contributed by atoms with E-state index in [4.69, 9.17) is 0 Å². The maximum atomic E-state index is 14.1. The molecule has 0 bridgehead atoms. The Balaban J connectivity index is 1.75. The van der Waals surface area contributed by atoms with Crippen LogP contribution in [0.3, 0.4) is 0 Å². The van der Waals surface area contributed by atoms with Crippen molar-refractivity contribution in [1.82, 2.24) is 9.88 Å². The van der Waals surface area contributed by atoms with Crippen molar-refractivity contribution in [1.29, 1.82) is 0 Å². The van der Waals surface area contributed by atoms with Gasteiger partial charge in [-0.15, -0.1) is 0 Å². The van der Waals surface area contributed by atoms with Crippen molar-refractivity contribution < 1.29 is 14.0 Å². The van der Waals surface area contributed by atoms with Crippen LogP contribution in [0.5, 0.6) is 0 Å². The van der Waals surface area contributed by atoms with Crippen LogP contribution >= 0.6 is 0 Å². The van der Waals surface area contributed by atoms with Gasteiger partial charge in [0, 0.05) is 29.2 Å². The summed E-state index contributed by atoms with van der Waals surface area (Å²) in [5.41, 5.74) is 3.09. The normalized spacial score (nSPS) is 18.4. The molecule has 1 aliphatic heterocycles. The molecule has 1 aromatic heterocycles. The van der Waals surface area contributed by atoms with Gasteiger partial charge in [-0.05, 0) is 57.0 Å². The Morgan fingerprint density at radius 2 is 1.97 bits per heavy atom. The minimum absolute atomic E-state index is 0.110. The molecule has 1 atom stereocenters. The average Bonchev–Trinajstić information content (AvgIpc) is 3.16. The fraction of sp³-hybridized carbons (Fsp3) is 0.345. The van der Waals surface area contributed by atoms with Gasteiger partial charge in [0.25, 0.3) is 5.91 Å². The smallest absolute Gasteiger partial charge is 0.255 e. The zero-order valence-corrected chi connectivity index (χ0v) is 20.9. The van der Waals surface area contributed by atoms with E-state index in [1.807, 2.05) is 49.1 Å². The number of pyridine rings is 1. The Bertz CT molecular complexity index is 1200. The SMILES string of the molecule is C=C(C)/C=C(\C=C/C)N(C(=O)CNc1cccnc1F)C1C(=O)N(C2CCCCC2)c2ccccc21. The summed E-state index contributed by atoms with van der Waals surface area (Å²) in [6.07, 6.45) is 12.0. The maximum absolute atomic E-state index is 14.1. The molecular weight excluding hydrogens is 455 g/mol. The second-order valence-electron chi connectivity index (χ2n) is 9.34. The Kier molecular flexibility index (Phi) is 7.98. The lowest BCUT2D eigenvalue weighted by Gasteiger charge is -2.34. The number of hydrogen-bond acceptors (Lipinski definition) is 4. The lowest BCUT2D eigenvalue weighted by Crippen LogP contribution is -2.46. The summed E-state index contributed by atoms with van der Waals surface area (Å²) in [4.78, 5) is 35.0. The predicted octanol–water partition coefficient (Wildman–Crippen LogP) is 5.92. The number of para-hydroxylation sites is 1. The first kappa shape index (κ1) is 25.4. The molecule has 2 aromatic rings. The zero-order valence-electron chi connectivity index (χ0n) is 20.9. The minimum Gasteiger partial charge on any atom is -0.372 e. The van der Waals surface area contributed by atoms with Crippen LogP contribution in [-0.2, 0) is 9.59 Å². The molecule has 2 aliphatic rings. The number of fused-ring (bicyclic) bond motifs is 1. The quantitative estimate of drug-likeness (QED) is 0.370. The van der Waals surface area contributed by atoms with E-state index in [0.29, 0.717) is 5.70 Å². The van der Waals surface area contributed by atoms with Crippen molar-refractivity contribution in [3.63, 3.8) is 0 Å². The third-order valence-corrected chi connectivity index (χ3v) is 6.63. The molecular formula is C29H33FN4O2. The lowest BCUT2D eigenvalue weighted by atomic mass is 9.94. The van der Waals surface area contributed by atoms with E-state index in [2.05, 4.69) is 16.9 Å². The zero-order chi connectivity index (χ0) is 25.7. The van der Waals surface area contributed by atoms with E-state index >= 15 is 0 Å². The number of benzene rings is 1. The van der Waals surface area contributed by atoms with Gasteiger partial charge in [-0.1, -0.05) is 55.7 Å². The van der Waals surface area contributed by atoms with Gasteiger partial charge in [0.2, 0.25) is 11.9 Å². The monoisotopic (exact) mass is 488 g/mol. The molecule has 6 nitrogen and oxygen atoms in total. The van der Waals surface area contributed by atoms with Gasteiger partial charge in [-0.2, -0.15) is 4.39 Å². The summed E-state index contributed by atoms with van der Waals surface area (Å²) in [6.45, 7) is 7.48. The first-order chi connectivity index (χ1) is 17.4. The Hall–Kier alpha value is -3.74. The third kappa shape index (κ3) is 5.25. The topological polar surface area (TPSA) is 65.5 Å². The van der Waals surface area contributed by atoms with Gasteiger partial charge in [0.1, 0.15) is 6.04 Å². The molecule has 1 saturated carbocycles. The summed E-state index contributed by atoms with van der Waals surface area (Å²) in [7, 11) is 0. The number of nitrogens with zero attached hydrogens (tertiary/aromatic N) is 3. The standard InChI is InChI=1S/C29H33FN4O2/c1-4-11-22(18-20(2)3)34(26(35)19-32-24-15-10-17-31-28(24)30)27-23-14-8-9-16-25(23)33(29(27)36)21-12-6-5-7-13-21/h4,8-11,14-18,21,27,32H,2,5-7,12-13,19H2,1,3H3/b11-4-,22-18+. The lowest BCUT2D eigenvalue weighted by molar-refractivity contribution is -0.135. The molecule has 7 heteroatoms. The number of nitrogens with one attached hydrogen (secondary N) is 1. The van der Waals surface area contributed by atoms with Crippen molar-refractivity contribution in [3.05, 3.63) is 90.2 Å². The van der Waals surface area contributed by atoms with Gasteiger partial charge >= 0.3 is 0 Å². The van der Waals surface area contributed by atoms with Crippen molar-refractivity contribution in [2.45, 2.75) is 58.0 Å². The van der Waals surface area contributed by atoms with Gasteiger partial charge in [0.15, 0.2) is 0 Å². The van der Waals surface area contributed by atoms with Crippen LogP contribution in [0.25, 0.3) is 0 Å². The van der Waals surface area contributed by atoms with Gasteiger partial charge in [0.05, 0.1) is 12.2 Å². The summed E-state index contributed by atoms with van der Waals surface area (Å²) in [6, 6.07) is 10.1. The predicted molar refractivity (Wildman–Crippen MR) is 141 cm³/mol.